The first-order valence-electron chi connectivity index (χ1n) is 5.85. The van der Waals surface area contributed by atoms with Crippen LogP contribution in [0.1, 0.15) is 26.4 Å². The van der Waals surface area contributed by atoms with Gasteiger partial charge >= 0.3 is 5.97 Å². The molecule has 0 spiro atoms. The molecule has 0 saturated heterocycles. The standard InChI is InChI=1S/C14H10Cl2N2O3/c1-7-4-11(16)10(6-17-7)13(19)18-12-5-8(15)2-3-9(12)14(20)21/h2-6H,1H3,(H,18,19)(H,20,21). The number of pyridine rings is 1. The van der Waals surface area contributed by atoms with Crippen LogP contribution in [0.25, 0.3) is 0 Å². The van der Waals surface area contributed by atoms with Crippen LogP contribution >= 0.6 is 23.2 Å². The van der Waals surface area contributed by atoms with Crippen LogP contribution in [0.4, 0.5) is 5.69 Å². The zero-order valence-electron chi connectivity index (χ0n) is 10.9. The molecule has 1 aromatic heterocycles. The third-order valence-electron chi connectivity index (χ3n) is 2.70. The Labute approximate surface area is 130 Å². The summed E-state index contributed by atoms with van der Waals surface area (Å²) in [5.74, 6) is -1.73. The summed E-state index contributed by atoms with van der Waals surface area (Å²) < 4.78 is 0. The van der Waals surface area contributed by atoms with Crippen LogP contribution in [0.15, 0.2) is 30.5 Å². The number of hydrogen-bond donors (Lipinski definition) is 2. The molecule has 0 fully saturated rings. The van der Waals surface area contributed by atoms with Gasteiger partial charge in [0.2, 0.25) is 0 Å². The van der Waals surface area contributed by atoms with Gasteiger partial charge in [-0.1, -0.05) is 23.2 Å². The number of carboxylic acids is 1. The van der Waals surface area contributed by atoms with Crippen LogP contribution in [0.5, 0.6) is 0 Å². The highest BCUT2D eigenvalue weighted by Gasteiger charge is 2.16. The van der Waals surface area contributed by atoms with E-state index in [1.165, 1.54) is 24.4 Å². The number of hydrogen-bond acceptors (Lipinski definition) is 3. The topological polar surface area (TPSA) is 79.3 Å². The van der Waals surface area contributed by atoms with Crippen LogP contribution in [-0.4, -0.2) is 22.0 Å². The van der Waals surface area contributed by atoms with Crippen molar-refractivity contribution < 1.29 is 14.7 Å². The van der Waals surface area contributed by atoms with Crippen LogP contribution in [-0.2, 0) is 0 Å². The predicted molar refractivity (Wildman–Crippen MR) is 80.3 cm³/mol. The number of carbonyl (C=O) groups excluding carboxylic acids is 1. The molecule has 0 saturated carbocycles. The van der Waals surface area contributed by atoms with Gasteiger partial charge in [0, 0.05) is 16.9 Å². The first kappa shape index (κ1) is 15.3. The fourth-order valence-corrected chi connectivity index (χ4v) is 2.15. The smallest absolute Gasteiger partial charge is 0.337 e. The van der Waals surface area contributed by atoms with E-state index >= 15 is 0 Å². The van der Waals surface area contributed by atoms with E-state index in [9.17, 15) is 9.59 Å². The molecule has 0 bridgehead atoms. The van der Waals surface area contributed by atoms with Crippen molar-refractivity contribution in [3.05, 3.63) is 57.3 Å². The quantitative estimate of drug-likeness (QED) is 0.903. The number of amides is 1. The van der Waals surface area contributed by atoms with Crippen molar-refractivity contribution >= 4 is 40.8 Å². The Bertz CT molecular complexity index is 732. The summed E-state index contributed by atoms with van der Waals surface area (Å²) in [5.41, 5.74) is 0.852. The highest BCUT2D eigenvalue weighted by atomic mass is 35.5. The lowest BCUT2D eigenvalue weighted by molar-refractivity contribution is 0.0698. The van der Waals surface area contributed by atoms with Crippen molar-refractivity contribution in [1.29, 1.82) is 0 Å². The molecular formula is C14H10Cl2N2O3. The molecule has 21 heavy (non-hydrogen) atoms. The van der Waals surface area contributed by atoms with Gasteiger partial charge in [0.1, 0.15) is 0 Å². The number of halogens is 2. The van der Waals surface area contributed by atoms with Crippen LogP contribution in [0.2, 0.25) is 10.0 Å². The molecule has 2 rings (SSSR count). The predicted octanol–water partition coefficient (Wildman–Crippen LogP) is 3.65. The van der Waals surface area contributed by atoms with Crippen molar-refractivity contribution in [2.45, 2.75) is 6.92 Å². The van der Waals surface area contributed by atoms with E-state index in [1.54, 1.807) is 13.0 Å². The molecule has 1 amide bonds. The van der Waals surface area contributed by atoms with E-state index in [0.29, 0.717) is 10.7 Å². The maximum Gasteiger partial charge on any atom is 0.337 e. The summed E-state index contributed by atoms with van der Waals surface area (Å²) in [6.45, 7) is 1.74. The van der Waals surface area contributed by atoms with Crippen molar-refractivity contribution in [3.63, 3.8) is 0 Å². The normalized spacial score (nSPS) is 10.2. The van der Waals surface area contributed by atoms with E-state index < -0.39 is 11.9 Å². The maximum atomic E-state index is 12.2. The van der Waals surface area contributed by atoms with Crippen LogP contribution in [0, 0.1) is 6.92 Å². The molecule has 1 aromatic carbocycles. The van der Waals surface area contributed by atoms with Gasteiger partial charge in [-0.2, -0.15) is 0 Å². The summed E-state index contributed by atoms with van der Waals surface area (Å²) in [5, 5.41) is 12.1. The molecule has 0 unspecified atom stereocenters. The van der Waals surface area contributed by atoms with E-state index in [1.807, 2.05) is 0 Å². The number of aryl methyl sites for hydroxylation is 1. The first-order valence-corrected chi connectivity index (χ1v) is 6.60. The average molecular weight is 325 g/mol. The van der Waals surface area contributed by atoms with Crippen LogP contribution < -0.4 is 5.32 Å². The largest absolute Gasteiger partial charge is 0.478 e. The number of benzene rings is 1. The molecule has 0 aliphatic rings. The Morgan fingerprint density at radius 2 is 1.90 bits per heavy atom. The van der Waals surface area contributed by atoms with Crippen molar-refractivity contribution in [3.8, 4) is 0 Å². The Morgan fingerprint density at radius 1 is 1.19 bits per heavy atom. The van der Waals surface area contributed by atoms with Crippen molar-refractivity contribution in [2.75, 3.05) is 5.32 Å². The molecular weight excluding hydrogens is 315 g/mol. The van der Waals surface area contributed by atoms with Crippen molar-refractivity contribution in [2.24, 2.45) is 0 Å². The Hall–Kier alpha value is -2.11. The molecule has 0 atom stereocenters. The van der Waals surface area contributed by atoms with E-state index in [4.69, 9.17) is 28.3 Å². The van der Waals surface area contributed by atoms with Gasteiger partial charge in [0.15, 0.2) is 0 Å². The van der Waals surface area contributed by atoms with Crippen molar-refractivity contribution in [1.82, 2.24) is 4.98 Å². The molecule has 2 aromatic rings. The Kier molecular flexibility index (Phi) is 4.45. The third kappa shape index (κ3) is 3.51. The Balaban J connectivity index is 2.35. The molecule has 2 N–H and O–H groups in total. The lowest BCUT2D eigenvalue weighted by atomic mass is 10.1. The molecule has 0 aliphatic heterocycles. The van der Waals surface area contributed by atoms with Gasteiger partial charge in [-0.3, -0.25) is 9.78 Å². The molecule has 1 heterocycles. The zero-order chi connectivity index (χ0) is 15.6. The van der Waals surface area contributed by atoms with E-state index in [2.05, 4.69) is 10.3 Å². The monoisotopic (exact) mass is 324 g/mol. The summed E-state index contributed by atoms with van der Waals surface area (Å²) >= 11 is 11.8. The number of carbonyl (C=O) groups is 2. The minimum atomic E-state index is -1.17. The van der Waals surface area contributed by atoms with E-state index in [0.717, 1.165) is 0 Å². The second-order valence-electron chi connectivity index (χ2n) is 4.25. The number of aromatic nitrogens is 1. The second-order valence-corrected chi connectivity index (χ2v) is 5.10. The maximum absolute atomic E-state index is 12.2. The molecule has 5 nitrogen and oxygen atoms in total. The SMILES string of the molecule is Cc1cc(Cl)c(C(=O)Nc2cc(Cl)ccc2C(=O)O)cn1. The molecule has 108 valence electrons. The fourth-order valence-electron chi connectivity index (χ4n) is 1.69. The molecule has 7 heteroatoms. The second kappa shape index (κ2) is 6.11. The highest BCUT2D eigenvalue weighted by Crippen LogP contribution is 2.23. The number of nitrogens with zero attached hydrogens (tertiary/aromatic N) is 1. The first-order chi connectivity index (χ1) is 9.88. The molecule has 0 radical (unpaired) electrons. The number of aromatic carboxylic acids is 1. The lowest BCUT2D eigenvalue weighted by Gasteiger charge is -2.10. The third-order valence-corrected chi connectivity index (χ3v) is 3.24. The fraction of sp³-hybridized carbons (Fsp3) is 0.0714. The molecule has 0 aliphatic carbocycles. The minimum Gasteiger partial charge on any atom is -0.478 e. The highest BCUT2D eigenvalue weighted by molar-refractivity contribution is 6.34. The summed E-state index contributed by atoms with van der Waals surface area (Å²) in [6.07, 6.45) is 1.33. The Morgan fingerprint density at radius 3 is 2.52 bits per heavy atom. The lowest BCUT2D eigenvalue weighted by Crippen LogP contribution is -2.15. The average Bonchev–Trinajstić information content (AvgIpc) is 2.37. The summed E-state index contributed by atoms with van der Waals surface area (Å²) in [6, 6.07) is 5.65. The van der Waals surface area contributed by atoms with Gasteiger partial charge in [-0.05, 0) is 31.2 Å². The van der Waals surface area contributed by atoms with Crippen LogP contribution in [0.3, 0.4) is 0 Å². The number of anilines is 1. The number of nitrogens with one attached hydrogen (secondary N) is 1. The summed E-state index contributed by atoms with van der Waals surface area (Å²) in [4.78, 5) is 27.3. The zero-order valence-corrected chi connectivity index (χ0v) is 12.4. The number of carboxylic acid groups (broad SMARTS) is 1. The van der Waals surface area contributed by atoms with Gasteiger partial charge < -0.3 is 10.4 Å². The summed E-state index contributed by atoms with van der Waals surface area (Å²) in [7, 11) is 0. The minimum absolute atomic E-state index is 0.0658. The van der Waals surface area contributed by atoms with Gasteiger partial charge in [0.25, 0.3) is 5.91 Å². The van der Waals surface area contributed by atoms with Gasteiger partial charge in [0.05, 0.1) is 21.8 Å². The number of rotatable bonds is 3. The van der Waals surface area contributed by atoms with Gasteiger partial charge in [-0.25, -0.2) is 4.79 Å². The van der Waals surface area contributed by atoms with Gasteiger partial charge in [-0.15, -0.1) is 0 Å². The van der Waals surface area contributed by atoms with E-state index in [-0.39, 0.29) is 21.8 Å².